The van der Waals surface area contributed by atoms with Crippen molar-refractivity contribution in [3.05, 3.63) is 66.3 Å². The predicted molar refractivity (Wildman–Crippen MR) is 81.8 cm³/mol. The SMILES string of the molecule is CSC(=Nc1ccccc1)C(=C=[N-])[n+]1ccccc1. The van der Waals surface area contributed by atoms with Crippen molar-refractivity contribution in [2.45, 2.75) is 0 Å². The Hall–Kier alpha value is -2.16. The molecule has 0 spiro atoms. The van der Waals surface area contributed by atoms with Crippen molar-refractivity contribution in [2.75, 3.05) is 6.26 Å². The van der Waals surface area contributed by atoms with Gasteiger partial charge in [0, 0.05) is 12.1 Å². The van der Waals surface area contributed by atoms with E-state index >= 15 is 0 Å². The molecule has 3 nitrogen and oxygen atoms in total. The van der Waals surface area contributed by atoms with Gasteiger partial charge in [0.25, 0.3) is 5.70 Å². The van der Waals surface area contributed by atoms with E-state index in [9.17, 15) is 5.41 Å². The fourth-order valence-electron chi connectivity index (χ4n) is 1.58. The van der Waals surface area contributed by atoms with Gasteiger partial charge < -0.3 is 5.41 Å². The minimum atomic E-state index is 0.525. The smallest absolute Gasteiger partial charge is 0.263 e. The van der Waals surface area contributed by atoms with E-state index in [1.165, 1.54) is 11.8 Å². The molecule has 0 N–H and O–H groups in total. The van der Waals surface area contributed by atoms with Gasteiger partial charge in [-0.1, -0.05) is 24.3 Å². The highest BCUT2D eigenvalue weighted by Crippen LogP contribution is 2.16. The van der Waals surface area contributed by atoms with Crippen LogP contribution in [0.4, 0.5) is 5.69 Å². The van der Waals surface area contributed by atoms with E-state index in [4.69, 9.17) is 0 Å². The first-order valence-corrected chi connectivity index (χ1v) is 6.99. The van der Waals surface area contributed by atoms with Crippen LogP contribution >= 0.6 is 11.8 Å². The summed E-state index contributed by atoms with van der Waals surface area (Å²) < 4.78 is 1.78. The molecule has 2 rings (SSSR count). The zero-order valence-electron chi connectivity index (χ0n) is 10.5. The summed E-state index contributed by atoms with van der Waals surface area (Å²) in [7, 11) is 0. The molecule has 94 valence electrons. The number of aromatic nitrogens is 1. The van der Waals surface area contributed by atoms with Crippen LogP contribution in [-0.4, -0.2) is 17.2 Å². The highest BCUT2D eigenvalue weighted by atomic mass is 32.2. The number of rotatable bonds is 3. The molecule has 0 radical (unpaired) electrons. The third-order valence-electron chi connectivity index (χ3n) is 2.46. The molecule has 0 saturated carbocycles. The molecule has 0 aliphatic heterocycles. The Morgan fingerprint density at radius 1 is 1.11 bits per heavy atom. The van der Waals surface area contributed by atoms with Crippen LogP contribution < -0.4 is 4.57 Å². The monoisotopic (exact) mass is 267 g/mol. The Balaban J connectivity index is 2.42. The Bertz CT molecular complexity index is 614. The van der Waals surface area contributed by atoms with E-state index in [0.717, 1.165) is 5.69 Å². The zero-order chi connectivity index (χ0) is 13.5. The molecule has 1 aromatic carbocycles. The first-order chi connectivity index (χ1) is 9.35. The first kappa shape index (κ1) is 13.3. The summed E-state index contributed by atoms with van der Waals surface area (Å²) in [6.45, 7) is 0. The number of thioether (sulfide) groups is 1. The number of hydrogen-bond donors (Lipinski definition) is 0. The number of nitrogens with zero attached hydrogens (tertiary/aromatic N) is 3. The minimum absolute atomic E-state index is 0.525. The van der Waals surface area contributed by atoms with E-state index < -0.39 is 0 Å². The van der Waals surface area contributed by atoms with Gasteiger partial charge in [-0.25, -0.2) is 4.99 Å². The molecule has 1 heterocycles. The lowest BCUT2D eigenvalue weighted by atomic mass is 10.3. The molecular formula is C15H13N3S. The van der Waals surface area contributed by atoms with Crippen LogP contribution in [0.5, 0.6) is 0 Å². The molecule has 0 atom stereocenters. The molecule has 0 aliphatic carbocycles. The number of para-hydroxylation sites is 1. The lowest BCUT2D eigenvalue weighted by Gasteiger charge is -2.03. The second kappa shape index (κ2) is 6.69. The highest BCUT2D eigenvalue weighted by Gasteiger charge is 2.14. The van der Waals surface area contributed by atoms with Gasteiger partial charge in [0.05, 0.1) is 5.69 Å². The Morgan fingerprint density at radius 2 is 1.74 bits per heavy atom. The average Bonchev–Trinajstić information content (AvgIpc) is 2.49. The van der Waals surface area contributed by atoms with E-state index in [0.29, 0.717) is 10.7 Å². The summed E-state index contributed by atoms with van der Waals surface area (Å²) in [4.78, 5) is 4.52. The number of aliphatic imine (C=N–C) groups is 1. The van der Waals surface area contributed by atoms with Gasteiger partial charge in [-0.15, -0.1) is 11.8 Å². The quantitative estimate of drug-likeness (QED) is 0.478. The molecule has 4 heteroatoms. The summed E-state index contributed by atoms with van der Waals surface area (Å²) >= 11 is 1.46. The summed E-state index contributed by atoms with van der Waals surface area (Å²) in [5.74, 6) is 2.22. The van der Waals surface area contributed by atoms with Crippen LogP contribution in [0.25, 0.3) is 11.1 Å². The molecule has 0 bridgehead atoms. The van der Waals surface area contributed by atoms with E-state index in [1.54, 1.807) is 4.57 Å². The van der Waals surface area contributed by atoms with Crippen LogP contribution in [0, 0.1) is 0 Å². The van der Waals surface area contributed by atoms with E-state index in [2.05, 4.69) is 10.9 Å². The summed E-state index contributed by atoms with van der Waals surface area (Å²) in [6.07, 6.45) is 5.60. The van der Waals surface area contributed by atoms with Gasteiger partial charge >= 0.3 is 0 Å². The molecule has 0 saturated heterocycles. The molecule has 0 fully saturated rings. The van der Waals surface area contributed by atoms with Crippen LogP contribution in [0.3, 0.4) is 0 Å². The number of pyridine rings is 1. The number of hydrogen-bond acceptors (Lipinski definition) is 2. The second-order valence-corrected chi connectivity index (χ2v) is 4.49. The van der Waals surface area contributed by atoms with Gasteiger partial charge in [0.15, 0.2) is 17.4 Å². The van der Waals surface area contributed by atoms with E-state index in [-0.39, 0.29) is 0 Å². The van der Waals surface area contributed by atoms with Gasteiger partial charge in [-0.05, 0) is 18.4 Å². The average molecular weight is 267 g/mol. The van der Waals surface area contributed by atoms with Gasteiger partial charge in [0.2, 0.25) is 0 Å². The van der Waals surface area contributed by atoms with Crippen LogP contribution in [-0.2, 0) is 0 Å². The van der Waals surface area contributed by atoms with Crippen molar-refractivity contribution in [3.63, 3.8) is 0 Å². The summed E-state index contributed by atoms with van der Waals surface area (Å²) in [5.41, 5.74) is 1.37. The van der Waals surface area contributed by atoms with Crippen LogP contribution in [0.1, 0.15) is 0 Å². The third kappa shape index (κ3) is 3.41. The fourth-order valence-corrected chi connectivity index (χ4v) is 2.12. The summed E-state index contributed by atoms with van der Waals surface area (Å²) in [6, 6.07) is 15.3. The first-order valence-electron chi connectivity index (χ1n) is 5.77. The van der Waals surface area contributed by atoms with Crippen molar-refractivity contribution >= 4 is 34.1 Å². The van der Waals surface area contributed by atoms with Crippen molar-refractivity contribution in [2.24, 2.45) is 4.99 Å². The van der Waals surface area contributed by atoms with Crippen LogP contribution in [0.15, 0.2) is 65.9 Å². The lowest BCUT2D eigenvalue weighted by molar-refractivity contribution is -0.574. The Kier molecular flexibility index (Phi) is 4.67. The molecule has 0 amide bonds. The molecule has 1 aromatic heterocycles. The van der Waals surface area contributed by atoms with Crippen molar-refractivity contribution in [1.82, 2.24) is 0 Å². The second-order valence-electron chi connectivity index (χ2n) is 3.70. The molecule has 19 heavy (non-hydrogen) atoms. The standard InChI is InChI=1S/C15H13N3S/c1-19-15(17-13-8-4-2-5-9-13)14(12-16)18-10-6-3-7-11-18/h2-11H,1H3. The molecule has 0 aliphatic rings. The van der Waals surface area contributed by atoms with Crippen molar-refractivity contribution in [1.29, 1.82) is 0 Å². The van der Waals surface area contributed by atoms with Gasteiger partial charge in [-0.3, -0.25) is 0 Å². The summed E-state index contributed by atoms with van der Waals surface area (Å²) in [5, 5.41) is 10.1. The lowest BCUT2D eigenvalue weighted by Crippen LogP contribution is -2.34. The predicted octanol–water partition coefficient (Wildman–Crippen LogP) is 3.15. The third-order valence-corrected chi connectivity index (χ3v) is 3.13. The van der Waals surface area contributed by atoms with Crippen molar-refractivity contribution < 1.29 is 4.57 Å². The van der Waals surface area contributed by atoms with Crippen molar-refractivity contribution in [3.8, 4) is 0 Å². The minimum Gasteiger partial charge on any atom is -0.758 e. The fraction of sp³-hybridized carbons (Fsp3) is 0.0667. The van der Waals surface area contributed by atoms with Gasteiger partial charge in [-0.2, -0.15) is 10.4 Å². The van der Waals surface area contributed by atoms with E-state index in [1.807, 2.05) is 67.2 Å². The maximum absolute atomic E-state index is 9.36. The largest absolute Gasteiger partial charge is 0.758 e. The maximum Gasteiger partial charge on any atom is 0.263 e. The van der Waals surface area contributed by atoms with Crippen LogP contribution in [0.2, 0.25) is 0 Å². The topological polar surface area (TPSA) is 38.5 Å². The van der Waals surface area contributed by atoms with Gasteiger partial charge in [0.1, 0.15) is 0 Å². The number of benzene rings is 1. The Labute approximate surface area is 116 Å². The molecular weight excluding hydrogens is 254 g/mol. The molecule has 2 aromatic rings. The normalized spacial score (nSPS) is 10.9. The Morgan fingerprint density at radius 3 is 2.32 bits per heavy atom. The highest BCUT2D eigenvalue weighted by molar-refractivity contribution is 8.14. The maximum atomic E-state index is 9.36. The zero-order valence-corrected chi connectivity index (χ0v) is 11.3. The molecule has 0 unspecified atom stereocenters.